The van der Waals surface area contributed by atoms with Gasteiger partial charge in [0.25, 0.3) is 0 Å². The van der Waals surface area contributed by atoms with Gasteiger partial charge in [-0.2, -0.15) is 0 Å². The summed E-state index contributed by atoms with van der Waals surface area (Å²) in [5, 5.41) is 9.63. The summed E-state index contributed by atoms with van der Waals surface area (Å²) in [6.45, 7) is 0. The van der Waals surface area contributed by atoms with E-state index in [2.05, 4.69) is 4.98 Å². The van der Waals surface area contributed by atoms with Gasteiger partial charge < -0.3 is 10.8 Å². The maximum absolute atomic E-state index is 11.1. The van der Waals surface area contributed by atoms with Gasteiger partial charge in [-0.1, -0.05) is 17.7 Å². The van der Waals surface area contributed by atoms with Crippen molar-refractivity contribution in [2.24, 2.45) is 0 Å². The minimum atomic E-state index is -0.990. The molecule has 0 amide bonds. The molecule has 3 N–H and O–H groups in total. The average Bonchev–Trinajstić information content (AvgIpc) is 2.38. The number of carboxylic acid groups (broad SMARTS) is 1. The van der Waals surface area contributed by atoms with Crippen LogP contribution in [0.2, 0.25) is 5.02 Å². The number of nitrogens with two attached hydrogens (primary N) is 1. The Hall–Kier alpha value is -1.72. The molecule has 0 saturated carbocycles. The number of benzene rings is 1. The van der Waals surface area contributed by atoms with Crippen molar-refractivity contribution in [3.63, 3.8) is 0 Å². The fourth-order valence-electron chi connectivity index (χ4n) is 1.57. The molecule has 0 atom stereocenters. The lowest BCUT2D eigenvalue weighted by molar-refractivity contribution is 0.0695. The molecule has 0 saturated heterocycles. The Labute approximate surface area is 119 Å². The quantitative estimate of drug-likeness (QED) is 0.668. The van der Waals surface area contributed by atoms with Gasteiger partial charge in [-0.25, -0.2) is 4.79 Å². The fraction of sp³-hybridized carbons (Fsp3) is 0.0769. The van der Waals surface area contributed by atoms with Gasteiger partial charge in [0.1, 0.15) is 0 Å². The summed E-state index contributed by atoms with van der Waals surface area (Å²) >= 11 is 7.44. The number of nitrogens with zero attached hydrogens (tertiary/aromatic N) is 1. The predicted octanol–water partition coefficient (Wildman–Crippen LogP) is 3.31. The monoisotopic (exact) mass is 294 g/mol. The zero-order valence-corrected chi connectivity index (χ0v) is 11.4. The third-order valence-corrected chi connectivity index (χ3v) is 4.06. The smallest absolute Gasteiger partial charge is 0.337 e. The highest BCUT2D eigenvalue weighted by Crippen LogP contribution is 2.34. The number of carbonyl (C=O) groups is 1. The number of pyridine rings is 1. The van der Waals surface area contributed by atoms with Crippen molar-refractivity contribution in [2.75, 3.05) is 5.73 Å². The van der Waals surface area contributed by atoms with E-state index in [1.165, 1.54) is 17.8 Å². The Morgan fingerprint density at radius 2 is 2.16 bits per heavy atom. The van der Waals surface area contributed by atoms with Crippen molar-refractivity contribution in [1.29, 1.82) is 0 Å². The lowest BCUT2D eigenvalue weighted by Crippen LogP contribution is -2.03. The van der Waals surface area contributed by atoms with Crippen molar-refractivity contribution in [2.45, 2.75) is 10.6 Å². The Kier molecular flexibility index (Phi) is 4.29. The van der Waals surface area contributed by atoms with Crippen LogP contribution in [-0.2, 0) is 5.75 Å². The van der Waals surface area contributed by atoms with Crippen LogP contribution in [0.4, 0.5) is 5.69 Å². The van der Waals surface area contributed by atoms with E-state index < -0.39 is 5.97 Å². The van der Waals surface area contributed by atoms with Crippen LogP contribution in [0.25, 0.3) is 0 Å². The summed E-state index contributed by atoms with van der Waals surface area (Å²) < 4.78 is 0. The van der Waals surface area contributed by atoms with E-state index in [0.717, 1.165) is 4.90 Å². The van der Waals surface area contributed by atoms with E-state index in [4.69, 9.17) is 22.4 Å². The molecule has 2 aromatic rings. The second kappa shape index (κ2) is 5.95. The lowest BCUT2D eigenvalue weighted by atomic mass is 10.2. The first-order valence-electron chi connectivity index (χ1n) is 5.43. The number of halogens is 1. The fourth-order valence-corrected chi connectivity index (χ4v) is 2.86. The predicted molar refractivity (Wildman–Crippen MR) is 76.6 cm³/mol. The van der Waals surface area contributed by atoms with Crippen molar-refractivity contribution in [3.8, 4) is 0 Å². The molecule has 0 unspecified atom stereocenters. The van der Waals surface area contributed by atoms with Crippen LogP contribution in [0.3, 0.4) is 0 Å². The number of aromatic nitrogens is 1. The molecule has 6 heteroatoms. The van der Waals surface area contributed by atoms with E-state index in [1.54, 1.807) is 30.5 Å². The number of carboxylic acids is 1. The molecule has 1 aromatic heterocycles. The van der Waals surface area contributed by atoms with E-state index in [0.29, 0.717) is 22.2 Å². The van der Waals surface area contributed by atoms with Crippen LogP contribution in [-0.4, -0.2) is 16.1 Å². The Balaban J connectivity index is 2.22. The van der Waals surface area contributed by atoms with E-state index >= 15 is 0 Å². The normalized spacial score (nSPS) is 10.4. The second-order valence-corrected chi connectivity index (χ2v) is 5.14. The van der Waals surface area contributed by atoms with Gasteiger partial charge in [0, 0.05) is 22.5 Å². The summed E-state index contributed by atoms with van der Waals surface area (Å²) in [5.41, 5.74) is 7.11. The molecule has 0 bridgehead atoms. The summed E-state index contributed by atoms with van der Waals surface area (Å²) in [4.78, 5) is 15.9. The Morgan fingerprint density at radius 3 is 2.84 bits per heavy atom. The van der Waals surface area contributed by atoms with Crippen LogP contribution >= 0.6 is 23.4 Å². The first kappa shape index (κ1) is 13.7. The summed E-state index contributed by atoms with van der Waals surface area (Å²) in [6.07, 6.45) is 1.57. The molecule has 0 aliphatic heterocycles. The molecule has 0 spiro atoms. The van der Waals surface area contributed by atoms with Crippen LogP contribution in [0.15, 0.2) is 41.4 Å². The maximum atomic E-state index is 11.1. The second-order valence-electron chi connectivity index (χ2n) is 3.75. The zero-order chi connectivity index (χ0) is 13.8. The Morgan fingerprint density at radius 1 is 1.37 bits per heavy atom. The molecular formula is C13H11ClN2O2S. The van der Waals surface area contributed by atoms with Gasteiger partial charge in [-0.3, -0.25) is 4.98 Å². The standard InChI is InChI=1S/C13H11ClN2O2S/c14-9-4-1-5-10(15)12(9)19-7-11-8(13(17)18)3-2-6-16-11/h1-6H,7,15H2,(H,17,18). The molecule has 98 valence electrons. The average molecular weight is 295 g/mol. The van der Waals surface area contributed by atoms with Crippen LogP contribution in [0.1, 0.15) is 16.1 Å². The first-order chi connectivity index (χ1) is 9.09. The molecule has 4 nitrogen and oxygen atoms in total. The molecule has 0 aliphatic rings. The van der Waals surface area contributed by atoms with Crippen LogP contribution in [0, 0.1) is 0 Å². The topological polar surface area (TPSA) is 76.2 Å². The summed E-state index contributed by atoms with van der Waals surface area (Å²) in [7, 11) is 0. The number of hydrogen-bond donors (Lipinski definition) is 2. The van der Waals surface area contributed by atoms with E-state index in [9.17, 15) is 4.79 Å². The minimum absolute atomic E-state index is 0.195. The summed E-state index contributed by atoms with van der Waals surface area (Å²) in [6, 6.07) is 8.40. The maximum Gasteiger partial charge on any atom is 0.337 e. The number of nitrogen functional groups attached to an aromatic ring is 1. The van der Waals surface area contributed by atoms with Crippen LogP contribution in [0.5, 0.6) is 0 Å². The molecule has 0 fully saturated rings. The van der Waals surface area contributed by atoms with Gasteiger partial charge in [-0.05, 0) is 24.3 Å². The highest BCUT2D eigenvalue weighted by molar-refractivity contribution is 7.98. The molecular weight excluding hydrogens is 284 g/mol. The highest BCUT2D eigenvalue weighted by atomic mass is 35.5. The van der Waals surface area contributed by atoms with Gasteiger partial charge in [0.2, 0.25) is 0 Å². The van der Waals surface area contributed by atoms with Gasteiger partial charge >= 0.3 is 5.97 Å². The molecule has 2 rings (SSSR count). The van der Waals surface area contributed by atoms with Gasteiger partial charge in [0.05, 0.1) is 16.3 Å². The summed E-state index contributed by atoms with van der Waals surface area (Å²) in [5.74, 6) is -0.591. The zero-order valence-electron chi connectivity index (χ0n) is 9.84. The van der Waals surface area contributed by atoms with Crippen molar-refractivity contribution < 1.29 is 9.90 Å². The number of rotatable bonds is 4. The van der Waals surface area contributed by atoms with Gasteiger partial charge in [-0.15, -0.1) is 11.8 Å². The highest BCUT2D eigenvalue weighted by Gasteiger charge is 2.12. The molecule has 0 radical (unpaired) electrons. The van der Waals surface area contributed by atoms with Crippen molar-refractivity contribution in [3.05, 3.63) is 52.8 Å². The molecule has 0 aliphatic carbocycles. The van der Waals surface area contributed by atoms with Crippen LogP contribution < -0.4 is 5.73 Å². The van der Waals surface area contributed by atoms with E-state index in [-0.39, 0.29) is 5.56 Å². The third kappa shape index (κ3) is 3.19. The van der Waals surface area contributed by atoms with Gasteiger partial charge in [0.15, 0.2) is 0 Å². The number of aromatic carboxylic acids is 1. The van der Waals surface area contributed by atoms with Crippen molar-refractivity contribution in [1.82, 2.24) is 4.98 Å². The number of thioether (sulfide) groups is 1. The first-order valence-corrected chi connectivity index (χ1v) is 6.80. The SMILES string of the molecule is Nc1cccc(Cl)c1SCc1ncccc1C(=O)O. The number of anilines is 1. The number of hydrogen-bond acceptors (Lipinski definition) is 4. The Bertz CT molecular complexity index is 599. The lowest BCUT2D eigenvalue weighted by Gasteiger charge is -2.08. The minimum Gasteiger partial charge on any atom is -0.478 e. The largest absolute Gasteiger partial charge is 0.478 e. The molecule has 1 aromatic carbocycles. The van der Waals surface area contributed by atoms with Crippen molar-refractivity contribution >= 4 is 35.0 Å². The molecule has 19 heavy (non-hydrogen) atoms. The third-order valence-electron chi connectivity index (χ3n) is 2.47. The molecule has 1 heterocycles. The van der Waals surface area contributed by atoms with E-state index in [1.807, 2.05) is 0 Å².